The van der Waals surface area contributed by atoms with E-state index in [0.717, 1.165) is 19.3 Å². The highest BCUT2D eigenvalue weighted by molar-refractivity contribution is 5.95. The molecule has 0 aliphatic heterocycles. The Morgan fingerprint density at radius 3 is 1.60 bits per heavy atom. The van der Waals surface area contributed by atoms with Crippen LogP contribution in [0.25, 0.3) is 0 Å². The number of aliphatic hydroxyl groups is 1. The molecule has 0 aliphatic carbocycles. The zero-order valence-electron chi connectivity index (χ0n) is 28.7. The standard InChI is InChI=1S/C33H62N6O8/c1-3-4-5-6-7-8-9-10-11-12-13-14-15-19-28(41)36-23-29(42)37-27(24-40)33(47)39-26(20-21-30(43)44)32(46)38-25(31(45)35-2)18-16-17-22-34/h25-27,40H,3-24,34H2,1-2H3,(H,35,45)(H,36,41)(H,37,42)(H,38,46)(H,39,47)(H,43,44)/t25-,26-,27-/m0/s1. The van der Waals surface area contributed by atoms with Gasteiger partial charge in [-0.3, -0.25) is 28.8 Å². The zero-order valence-corrected chi connectivity index (χ0v) is 28.7. The molecule has 14 heteroatoms. The topological polar surface area (TPSA) is 229 Å². The Kier molecular flexibility index (Phi) is 26.9. The number of nitrogens with two attached hydrogens (primary N) is 1. The average molecular weight is 671 g/mol. The van der Waals surface area contributed by atoms with Crippen molar-refractivity contribution in [2.24, 2.45) is 5.73 Å². The van der Waals surface area contributed by atoms with Gasteiger partial charge in [-0.05, 0) is 38.6 Å². The van der Waals surface area contributed by atoms with Crippen LogP contribution in [0.5, 0.6) is 0 Å². The van der Waals surface area contributed by atoms with E-state index in [0.29, 0.717) is 25.8 Å². The SMILES string of the molecule is CCCCCCCCCCCCCCCC(=O)NCC(=O)N[C@@H](CO)C(=O)N[C@@H](CCC(=O)O)C(=O)N[C@@H](CCCCN)C(=O)NC. The Bertz CT molecular complexity index is 920. The molecule has 14 nitrogen and oxygen atoms in total. The maximum atomic E-state index is 13.0. The van der Waals surface area contributed by atoms with Crippen LogP contribution < -0.4 is 32.3 Å². The molecule has 0 saturated heterocycles. The normalized spacial score (nSPS) is 12.8. The Morgan fingerprint density at radius 1 is 0.596 bits per heavy atom. The van der Waals surface area contributed by atoms with Gasteiger partial charge in [0.1, 0.15) is 18.1 Å². The van der Waals surface area contributed by atoms with Crippen molar-refractivity contribution >= 4 is 35.5 Å². The lowest BCUT2D eigenvalue weighted by Gasteiger charge is -2.24. The molecule has 0 aromatic heterocycles. The summed E-state index contributed by atoms with van der Waals surface area (Å²) in [7, 11) is 1.41. The largest absolute Gasteiger partial charge is 0.481 e. The lowest BCUT2D eigenvalue weighted by molar-refractivity contribution is -0.138. The number of nitrogens with one attached hydrogen (secondary N) is 5. The van der Waals surface area contributed by atoms with Crippen LogP contribution in [0.1, 0.15) is 129 Å². The molecule has 0 aromatic carbocycles. The highest BCUT2D eigenvalue weighted by Gasteiger charge is 2.29. The highest BCUT2D eigenvalue weighted by atomic mass is 16.4. The minimum absolute atomic E-state index is 0.276. The van der Waals surface area contributed by atoms with Gasteiger partial charge < -0.3 is 42.5 Å². The maximum Gasteiger partial charge on any atom is 0.303 e. The predicted octanol–water partition coefficient (Wildman–Crippen LogP) is 1.77. The van der Waals surface area contributed by atoms with Crippen molar-refractivity contribution in [2.75, 3.05) is 26.7 Å². The van der Waals surface area contributed by atoms with Crippen LogP contribution >= 0.6 is 0 Å². The lowest BCUT2D eigenvalue weighted by atomic mass is 10.0. The molecule has 0 heterocycles. The summed E-state index contributed by atoms with van der Waals surface area (Å²) in [6, 6.07) is -3.74. The molecule has 0 rings (SSSR count). The molecule has 0 saturated carbocycles. The number of amides is 5. The number of carboxylic acids is 1. The van der Waals surface area contributed by atoms with Gasteiger partial charge in [0, 0.05) is 19.9 Å². The maximum absolute atomic E-state index is 13.0. The fraction of sp³-hybridized carbons (Fsp3) is 0.818. The first-order valence-corrected chi connectivity index (χ1v) is 17.5. The molecule has 0 unspecified atom stereocenters. The highest BCUT2D eigenvalue weighted by Crippen LogP contribution is 2.13. The van der Waals surface area contributed by atoms with Crippen molar-refractivity contribution in [3.8, 4) is 0 Å². The Morgan fingerprint density at radius 2 is 1.11 bits per heavy atom. The zero-order chi connectivity index (χ0) is 35.3. The summed E-state index contributed by atoms with van der Waals surface area (Å²) in [6.07, 6.45) is 16.5. The number of aliphatic carboxylic acids is 1. The van der Waals surface area contributed by atoms with Crippen molar-refractivity contribution in [3.63, 3.8) is 0 Å². The van der Waals surface area contributed by atoms with Gasteiger partial charge in [-0.1, -0.05) is 84.0 Å². The van der Waals surface area contributed by atoms with Crippen molar-refractivity contribution in [1.82, 2.24) is 26.6 Å². The second-order valence-corrected chi connectivity index (χ2v) is 12.0. The fourth-order valence-corrected chi connectivity index (χ4v) is 5.03. The van der Waals surface area contributed by atoms with E-state index in [1.807, 2.05) is 0 Å². The van der Waals surface area contributed by atoms with Gasteiger partial charge in [0.2, 0.25) is 29.5 Å². The number of unbranched alkanes of at least 4 members (excludes halogenated alkanes) is 13. The number of carbonyl (C=O) groups excluding carboxylic acids is 5. The lowest BCUT2D eigenvalue weighted by Crippen LogP contribution is -2.57. The molecule has 0 aliphatic rings. The van der Waals surface area contributed by atoms with Gasteiger partial charge >= 0.3 is 5.97 Å². The molecular weight excluding hydrogens is 608 g/mol. The van der Waals surface area contributed by atoms with Crippen LogP contribution in [0.4, 0.5) is 0 Å². The summed E-state index contributed by atoms with van der Waals surface area (Å²) in [5, 5.41) is 31.0. The van der Waals surface area contributed by atoms with E-state index in [9.17, 15) is 33.9 Å². The van der Waals surface area contributed by atoms with E-state index < -0.39 is 67.3 Å². The first-order valence-electron chi connectivity index (χ1n) is 17.5. The Hall–Kier alpha value is -3.26. The van der Waals surface area contributed by atoms with Gasteiger partial charge in [0.25, 0.3) is 0 Å². The average Bonchev–Trinajstić information content (AvgIpc) is 3.05. The van der Waals surface area contributed by atoms with Crippen LogP contribution in [-0.4, -0.2) is 90.6 Å². The second kappa shape index (κ2) is 28.9. The third-order valence-corrected chi connectivity index (χ3v) is 7.89. The molecule has 47 heavy (non-hydrogen) atoms. The fourth-order valence-electron chi connectivity index (χ4n) is 5.03. The summed E-state index contributed by atoms with van der Waals surface area (Å²) in [5.74, 6) is -4.40. The molecule has 272 valence electrons. The second-order valence-electron chi connectivity index (χ2n) is 12.0. The number of carboxylic acid groups (broad SMARTS) is 1. The van der Waals surface area contributed by atoms with Gasteiger partial charge in [-0.15, -0.1) is 0 Å². The van der Waals surface area contributed by atoms with Crippen molar-refractivity contribution in [1.29, 1.82) is 0 Å². The molecule has 0 radical (unpaired) electrons. The van der Waals surface area contributed by atoms with Gasteiger partial charge in [0.05, 0.1) is 13.2 Å². The van der Waals surface area contributed by atoms with Crippen LogP contribution in [0.3, 0.4) is 0 Å². The molecule has 0 bridgehead atoms. The van der Waals surface area contributed by atoms with Crippen LogP contribution in [-0.2, 0) is 28.8 Å². The molecule has 3 atom stereocenters. The summed E-state index contributed by atoms with van der Waals surface area (Å²) >= 11 is 0. The molecule has 5 amide bonds. The van der Waals surface area contributed by atoms with E-state index in [4.69, 9.17) is 10.8 Å². The van der Waals surface area contributed by atoms with E-state index in [2.05, 4.69) is 33.5 Å². The Balaban J connectivity index is 4.59. The van der Waals surface area contributed by atoms with E-state index in [1.165, 1.54) is 64.8 Å². The van der Waals surface area contributed by atoms with E-state index >= 15 is 0 Å². The van der Waals surface area contributed by atoms with Crippen molar-refractivity contribution in [2.45, 2.75) is 147 Å². The van der Waals surface area contributed by atoms with Crippen LogP contribution in [0.15, 0.2) is 0 Å². The first-order chi connectivity index (χ1) is 22.6. The number of likely N-dealkylation sites (N-methyl/N-ethyl adjacent to an activating group) is 1. The number of carbonyl (C=O) groups is 6. The molecule has 0 fully saturated rings. The third-order valence-electron chi connectivity index (χ3n) is 7.89. The molecule has 0 aromatic rings. The molecular formula is C33H62N6O8. The summed E-state index contributed by atoms with van der Waals surface area (Å²) in [6.45, 7) is 1.42. The smallest absolute Gasteiger partial charge is 0.303 e. The molecule has 9 N–H and O–H groups in total. The monoisotopic (exact) mass is 670 g/mol. The van der Waals surface area contributed by atoms with Gasteiger partial charge in [-0.25, -0.2) is 0 Å². The quantitative estimate of drug-likeness (QED) is 0.0520. The molecule has 0 spiro atoms. The summed E-state index contributed by atoms with van der Waals surface area (Å²) in [4.78, 5) is 73.8. The first kappa shape index (κ1) is 43.7. The number of rotatable bonds is 30. The minimum atomic E-state index is -1.46. The van der Waals surface area contributed by atoms with Crippen LogP contribution in [0, 0.1) is 0 Å². The number of aliphatic hydroxyl groups excluding tert-OH is 1. The predicted molar refractivity (Wildman–Crippen MR) is 180 cm³/mol. The third kappa shape index (κ3) is 23.7. The van der Waals surface area contributed by atoms with Gasteiger partial charge in [0.15, 0.2) is 0 Å². The van der Waals surface area contributed by atoms with Crippen molar-refractivity contribution < 1.29 is 39.0 Å². The Labute approximate surface area is 280 Å². The van der Waals surface area contributed by atoms with Crippen LogP contribution in [0.2, 0.25) is 0 Å². The summed E-state index contributed by atoms with van der Waals surface area (Å²) < 4.78 is 0. The van der Waals surface area contributed by atoms with Gasteiger partial charge in [-0.2, -0.15) is 0 Å². The van der Waals surface area contributed by atoms with E-state index in [-0.39, 0.29) is 25.2 Å². The van der Waals surface area contributed by atoms with Crippen molar-refractivity contribution in [3.05, 3.63) is 0 Å². The number of hydrogen-bond acceptors (Lipinski definition) is 8. The van der Waals surface area contributed by atoms with E-state index in [1.54, 1.807) is 0 Å². The summed E-state index contributed by atoms with van der Waals surface area (Å²) in [5.41, 5.74) is 5.50. The minimum Gasteiger partial charge on any atom is -0.481 e. The number of hydrogen-bond donors (Lipinski definition) is 8.